The van der Waals surface area contributed by atoms with E-state index >= 15 is 0 Å². The summed E-state index contributed by atoms with van der Waals surface area (Å²) in [5.41, 5.74) is 2.60. The van der Waals surface area contributed by atoms with E-state index in [9.17, 15) is 0 Å². The Kier molecular flexibility index (Phi) is 1.81. The molecular formula is C17H13N. The van der Waals surface area contributed by atoms with Gasteiger partial charge in [-0.05, 0) is 22.9 Å². The van der Waals surface area contributed by atoms with Crippen molar-refractivity contribution in [3.63, 3.8) is 0 Å². The van der Waals surface area contributed by atoms with E-state index < -0.39 is 0 Å². The average molecular weight is 231 g/mol. The summed E-state index contributed by atoms with van der Waals surface area (Å²) in [5, 5.41) is 5.35. The summed E-state index contributed by atoms with van der Waals surface area (Å²) < 4.78 is 2.27. The van der Waals surface area contributed by atoms with Crippen LogP contribution in [0.2, 0.25) is 0 Å². The zero-order chi connectivity index (χ0) is 12.1. The molecule has 0 radical (unpaired) electrons. The molecule has 1 heterocycles. The molecule has 86 valence electrons. The molecule has 1 heteroatoms. The van der Waals surface area contributed by atoms with Crippen LogP contribution >= 0.6 is 0 Å². The van der Waals surface area contributed by atoms with E-state index in [0.29, 0.717) is 0 Å². The third-order valence-corrected chi connectivity index (χ3v) is 3.80. The van der Waals surface area contributed by atoms with Gasteiger partial charge in [0, 0.05) is 28.9 Å². The van der Waals surface area contributed by atoms with Gasteiger partial charge in [0.25, 0.3) is 0 Å². The predicted octanol–water partition coefficient (Wildman–Crippen LogP) is 4.48. The van der Waals surface area contributed by atoms with Gasteiger partial charge < -0.3 is 4.57 Å². The smallest absolute Gasteiger partial charge is 0.0495 e. The Hall–Kier alpha value is -2.28. The highest BCUT2D eigenvalue weighted by Crippen LogP contribution is 2.33. The Morgan fingerprint density at radius 1 is 0.667 bits per heavy atom. The Morgan fingerprint density at radius 3 is 2.28 bits per heavy atom. The van der Waals surface area contributed by atoms with Crippen molar-refractivity contribution in [2.45, 2.75) is 0 Å². The first-order valence-corrected chi connectivity index (χ1v) is 6.21. The van der Waals surface area contributed by atoms with E-state index in [0.717, 1.165) is 0 Å². The monoisotopic (exact) mass is 231 g/mol. The lowest BCUT2D eigenvalue weighted by Crippen LogP contribution is -1.85. The van der Waals surface area contributed by atoms with Crippen molar-refractivity contribution in [2.75, 3.05) is 0 Å². The van der Waals surface area contributed by atoms with Crippen LogP contribution in [-0.2, 0) is 7.05 Å². The highest BCUT2D eigenvalue weighted by Gasteiger charge is 2.09. The van der Waals surface area contributed by atoms with Crippen LogP contribution < -0.4 is 0 Å². The van der Waals surface area contributed by atoms with Crippen LogP contribution in [0.5, 0.6) is 0 Å². The minimum absolute atomic E-state index is 1.30. The number of hydrogen-bond acceptors (Lipinski definition) is 0. The normalized spacial score (nSPS) is 11.6. The third-order valence-electron chi connectivity index (χ3n) is 3.80. The standard InChI is InChI=1S/C17H13N/c1-18-15-9-5-4-8-14(15)17-13-7-3-2-6-12(13)10-11-16(17)18/h2-11H,1H3. The fourth-order valence-electron chi connectivity index (χ4n) is 2.93. The highest BCUT2D eigenvalue weighted by molar-refractivity contribution is 6.20. The number of aryl methyl sites for hydroxylation is 1. The topological polar surface area (TPSA) is 4.93 Å². The van der Waals surface area contributed by atoms with Crippen LogP contribution in [0.1, 0.15) is 0 Å². The largest absolute Gasteiger partial charge is 0.344 e. The zero-order valence-electron chi connectivity index (χ0n) is 10.2. The van der Waals surface area contributed by atoms with E-state index in [4.69, 9.17) is 0 Å². The number of rotatable bonds is 0. The maximum atomic E-state index is 2.27. The molecule has 0 aliphatic heterocycles. The Balaban J connectivity index is 2.41. The molecule has 0 N–H and O–H groups in total. The van der Waals surface area contributed by atoms with Crippen molar-refractivity contribution in [2.24, 2.45) is 7.05 Å². The van der Waals surface area contributed by atoms with Gasteiger partial charge >= 0.3 is 0 Å². The zero-order valence-corrected chi connectivity index (χ0v) is 10.2. The van der Waals surface area contributed by atoms with Gasteiger partial charge in [-0.25, -0.2) is 0 Å². The van der Waals surface area contributed by atoms with Crippen molar-refractivity contribution < 1.29 is 0 Å². The molecule has 1 aromatic heterocycles. The van der Waals surface area contributed by atoms with Crippen molar-refractivity contribution in [3.05, 3.63) is 60.7 Å². The summed E-state index contributed by atoms with van der Waals surface area (Å²) in [5.74, 6) is 0. The number of para-hydroxylation sites is 1. The molecule has 18 heavy (non-hydrogen) atoms. The fraction of sp³-hybridized carbons (Fsp3) is 0.0588. The number of benzene rings is 3. The van der Waals surface area contributed by atoms with Crippen molar-refractivity contribution >= 4 is 32.6 Å². The molecule has 4 rings (SSSR count). The van der Waals surface area contributed by atoms with Gasteiger partial charge in [0.15, 0.2) is 0 Å². The van der Waals surface area contributed by atoms with E-state index in [1.54, 1.807) is 0 Å². The van der Waals surface area contributed by atoms with Crippen LogP contribution in [-0.4, -0.2) is 4.57 Å². The second-order valence-electron chi connectivity index (χ2n) is 4.76. The summed E-state index contributed by atoms with van der Waals surface area (Å²) in [6, 6.07) is 21.6. The van der Waals surface area contributed by atoms with E-state index in [1.807, 2.05) is 0 Å². The lowest BCUT2D eigenvalue weighted by Gasteiger charge is -2.01. The minimum Gasteiger partial charge on any atom is -0.344 e. The van der Waals surface area contributed by atoms with E-state index in [2.05, 4.69) is 72.3 Å². The molecule has 0 aliphatic carbocycles. The van der Waals surface area contributed by atoms with Crippen LogP contribution in [0.4, 0.5) is 0 Å². The molecule has 3 aromatic carbocycles. The second-order valence-corrected chi connectivity index (χ2v) is 4.76. The lowest BCUT2D eigenvalue weighted by molar-refractivity contribution is 1.01. The highest BCUT2D eigenvalue weighted by atomic mass is 14.9. The quantitative estimate of drug-likeness (QED) is 0.420. The average Bonchev–Trinajstić information content (AvgIpc) is 2.73. The molecule has 4 aromatic rings. The van der Waals surface area contributed by atoms with Crippen LogP contribution in [0.25, 0.3) is 32.6 Å². The molecule has 0 aliphatic rings. The van der Waals surface area contributed by atoms with Crippen molar-refractivity contribution in [3.8, 4) is 0 Å². The number of nitrogens with zero attached hydrogens (tertiary/aromatic N) is 1. The van der Waals surface area contributed by atoms with Crippen molar-refractivity contribution in [1.29, 1.82) is 0 Å². The first-order valence-electron chi connectivity index (χ1n) is 6.21. The summed E-state index contributed by atoms with van der Waals surface area (Å²) >= 11 is 0. The predicted molar refractivity (Wildman–Crippen MR) is 77.9 cm³/mol. The van der Waals surface area contributed by atoms with Crippen LogP contribution in [0, 0.1) is 0 Å². The maximum absolute atomic E-state index is 2.27. The van der Waals surface area contributed by atoms with Gasteiger partial charge in [0.05, 0.1) is 0 Å². The van der Waals surface area contributed by atoms with Gasteiger partial charge in [-0.1, -0.05) is 48.5 Å². The minimum atomic E-state index is 1.30. The fourth-order valence-corrected chi connectivity index (χ4v) is 2.93. The molecule has 0 fully saturated rings. The van der Waals surface area contributed by atoms with Crippen molar-refractivity contribution in [1.82, 2.24) is 4.57 Å². The second kappa shape index (κ2) is 3.36. The van der Waals surface area contributed by atoms with Gasteiger partial charge in [-0.2, -0.15) is 0 Å². The molecule has 0 spiro atoms. The molecule has 0 saturated carbocycles. The van der Waals surface area contributed by atoms with E-state index in [-0.39, 0.29) is 0 Å². The molecule has 0 amide bonds. The number of fused-ring (bicyclic) bond motifs is 5. The summed E-state index contributed by atoms with van der Waals surface area (Å²) in [7, 11) is 2.14. The first-order chi connectivity index (χ1) is 8.86. The number of aromatic nitrogens is 1. The maximum Gasteiger partial charge on any atom is 0.0495 e. The Labute approximate surface area is 105 Å². The van der Waals surface area contributed by atoms with Gasteiger partial charge in [0.2, 0.25) is 0 Å². The Morgan fingerprint density at radius 2 is 1.39 bits per heavy atom. The summed E-state index contributed by atoms with van der Waals surface area (Å²) in [4.78, 5) is 0. The molecule has 1 nitrogen and oxygen atoms in total. The third kappa shape index (κ3) is 1.11. The lowest BCUT2D eigenvalue weighted by atomic mass is 10.0. The summed E-state index contributed by atoms with van der Waals surface area (Å²) in [6.07, 6.45) is 0. The Bertz CT molecular complexity index is 884. The SMILES string of the molecule is Cn1c2ccccc2c2c3ccccc3ccc21. The number of hydrogen-bond donors (Lipinski definition) is 0. The van der Waals surface area contributed by atoms with Gasteiger partial charge in [-0.3, -0.25) is 0 Å². The summed E-state index contributed by atoms with van der Waals surface area (Å²) in [6.45, 7) is 0. The molecule has 0 unspecified atom stereocenters. The van der Waals surface area contributed by atoms with Gasteiger partial charge in [0.1, 0.15) is 0 Å². The van der Waals surface area contributed by atoms with Crippen LogP contribution in [0.3, 0.4) is 0 Å². The first kappa shape index (κ1) is 9.72. The van der Waals surface area contributed by atoms with Gasteiger partial charge in [-0.15, -0.1) is 0 Å². The van der Waals surface area contributed by atoms with E-state index in [1.165, 1.54) is 32.6 Å². The molecule has 0 saturated heterocycles. The van der Waals surface area contributed by atoms with Crippen LogP contribution in [0.15, 0.2) is 60.7 Å². The molecular weight excluding hydrogens is 218 g/mol. The molecule has 0 atom stereocenters. The molecule has 0 bridgehead atoms.